The van der Waals surface area contributed by atoms with Crippen molar-refractivity contribution in [2.75, 3.05) is 6.61 Å². The second kappa shape index (κ2) is 22.6. The van der Waals surface area contributed by atoms with Crippen molar-refractivity contribution >= 4 is 133 Å². The third-order valence-corrected chi connectivity index (χ3v) is 22.0. The summed E-state index contributed by atoms with van der Waals surface area (Å²) >= 11 is 0. The lowest BCUT2D eigenvalue weighted by Crippen LogP contribution is -2.46. The number of hydrogen-bond acceptors (Lipinski definition) is 11. The molecule has 1 unspecified atom stereocenters. The van der Waals surface area contributed by atoms with Crippen LogP contribution in [-0.4, -0.2) is 114 Å². The summed E-state index contributed by atoms with van der Waals surface area (Å²) in [4.78, 5) is 128. The molecule has 15 nitrogen and oxygen atoms in total. The van der Waals surface area contributed by atoms with Crippen LogP contribution >= 0.6 is 0 Å². The van der Waals surface area contributed by atoms with E-state index in [1.54, 1.807) is 55.5 Å². The maximum atomic E-state index is 15.7. The van der Waals surface area contributed by atoms with Crippen molar-refractivity contribution < 1.29 is 52.9 Å². The first-order valence-electron chi connectivity index (χ1n) is 34.2. The number of amides is 8. The fourth-order valence-electron chi connectivity index (χ4n) is 16.2. The monoisotopic (exact) mass is 1270 g/mol. The number of rotatable bonds is 19. The number of carbonyl (C=O) groups is 8. The maximum absolute atomic E-state index is 15.7. The molecular formula is C80H78N4O11. The summed E-state index contributed by atoms with van der Waals surface area (Å²) in [7, 11) is 0. The van der Waals surface area contributed by atoms with E-state index < -0.39 is 76.6 Å². The average Bonchev–Trinajstić information content (AvgIpc) is 0.686. The molecule has 4 aliphatic rings. The summed E-state index contributed by atoms with van der Waals surface area (Å²) < 4.78 is 14.1. The minimum atomic E-state index is -1.15. The first-order valence-corrected chi connectivity index (χ1v) is 34.2. The molecule has 10 aromatic rings. The number of hydrogen-bond donors (Lipinski definition) is 1. The smallest absolute Gasteiger partial charge is 0.261 e. The molecule has 10 aromatic carbocycles. The summed E-state index contributed by atoms with van der Waals surface area (Å²) in [6, 6.07) is 19.8. The molecular weight excluding hydrogens is 1190 g/mol. The Bertz CT molecular complexity index is 5160. The van der Waals surface area contributed by atoms with Gasteiger partial charge in [-0.15, -0.1) is 0 Å². The topological polar surface area (TPSA) is 188 Å². The second-order valence-corrected chi connectivity index (χ2v) is 27.3. The molecule has 14 rings (SSSR count). The van der Waals surface area contributed by atoms with Crippen molar-refractivity contribution in [3.63, 3.8) is 0 Å². The number of aliphatic hydroxyl groups is 1. The normalized spacial score (nSPS) is 15.8. The van der Waals surface area contributed by atoms with Crippen LogP contribution in [0.3, 0.4) is 0 Å². The molecule has 0 radical (unpaired) electrons. The lowest BCUT2D eigenvalue weighted by molar-refractivity contribution is 0.0231. The molecule has 1 atom stereocenters. The molecule has 1 N–H and O–H groups in total. The number of aliphatic hydroxyl groups excluding tert-OH is 1. The predicted molar refractivity (Wildman–Crippen MR) is 372 cm³/mol. The molecule has 0 saturated heterocycles. The zero-order chi connectivity index (χ0) is 67.5. The Hall–Kier alpha value is -9.52. The van der Waals surface area contributed by atoms with Gasteiger partial charge in [0.1, 0.15) is 22.7 Å². The van der Waals surface area contributed by atoms with Gasteiger partial charge in [0.25, 0.3) is 47.3 Å². The van der Waals surface area contributed by atoms with E-state index in [1.807, 2.05) is 107 Å². The van der Waals surface area contributed by atoms with Gasteiger partial charge in [-0.3, -0.25) is 58.0 Å². The van der Waals surface area contributed by atoms with E-state index in [1.165, 1.54) is 19.6 Å². The van der Waals surface area contributed by atoms with Gasteiger partial charge in [0.15, 0.2) is 0 Å². The van der Waals surface area contributed by atoms with Gasteiger partial charge in [-0.2, -0.15) is 0 Å². The summed E-state index contributed by atoms with van der Waals surface area (Å²) in [5.74, 6) is 4.26. The Morgan fingerprint density at radius 1 is 0.337 bits per heavy atom. The molecule has 0 saturated carbocycles. The molecule has 95 heavy (non-hydrogen) atoms. The second-order valence-electron chi connectivity index (χ2n) is 27.3. The quantitative estimate of drug-likeness (QED) is 0.0351. The van der Waals surface area contributed by atoms with Gasteiger partial charge in [0, 0.05) is 128 Å². The fraction of sp³-hybridized carbons (Fsp3) is 0.375. The minimum absolute atomic E-state index is 0.231. The summed E-state index contributed by atoms with van der Waals surface area (Å²) in [5, 5.41) is 19.4. The lowest BCUT2D eigenvalue weighted by atomic mass is 9.79. The molecule has 0 aromatic heterocycles. The van der Waals surface area contributed by atoms with E-state index in [0.717, 1.165) is 0 Å². The molecule has 0 fully saturated rings. The van der Waals surface area contributed by atoms with Gasteiger partial charge in [0.2, 0.25) is 0 Å². The number of imide groups is 4. The predicted octanol–water partition coefficient (Wildman–Crippen LogP) is 16.4. The van der Waals surface area contributed by atoms with Crippen LogP contribution < -0.4 is 9.47 Å². The number of nitrogens with zero attached hydrogens (tertiary/aromatic N) is 4. The highest BCUT2D eigenvalue weighted by molar-refractivity contribution is 6.45. The van der Waals surface area contributed by atoms with Crippen molar-refractivity contribution in [3.05, 3.63) is 128 Å². The molecule has 4 heterocycles. The van der Waals surface area contributed by atoms with E-state index in [2.05, 4.69) is 11.8 Å². The molecule has 15 heteroatoms. The SMILES string of the molecule is CCC(CC)N1C(=O)c2ccc3c4c(C#Cc5cc6c7c(ccc8c9c(OC(C)(CC)CO)cc%10c%11c(ccc(c5c78)c%119)C(=O)N(C(CC)CC)C%10=O)C(=O)N(C(CC)CC)C6=O)cc5c6c(cc(OC(C)(C)CC)c(c7ccc(c2c37)C1=O)c64)C(=O)N(C(CC)CC)C5=O. The van der Waals surface area contributed by atoms with Gasteiger partial charge in [-0.1, -0.05) is 105 Å². The van der Waals surface area contributed by atoms with Crippen LogP contribution in [0, 0.1) is 11.8 Å². The van der Waals surface area contributed by atoms with E-state index in [9.17, 15) is 14.7 Å². The van der Waals surface area contributed by atoms with Gasteiger partial charge < -0.3 is 14.6 Å². The Labute approximate surface area is 551 Å². The molecule has 8 amide bonds. The molecule has 0 spiro atoms. The number of carbonyl (C=O) groups excluding carboxylic acids is 8. The Kier molecular flexibility index (Phi) is 14.9. The van der Waals surface area contributed by atoms with Crippen LogP contribution in [0.15, 0.2) is 72.8 Å². The number of benzene rings is 10. The fourth-order valence-corrected chi connectivity index (χ4v) is 16.2. The molecule has 0 bridgehead atoms. The third kappa shape index (κ3) is 8.60. The van der Waals surface area contributed by atoms with E-state index in [-0.39, 0.29) is 40.7 Å². The number of fused-ring (bicyclic) bond motifs is 4. The van der Waals surface area contributed by atoms with Crippen LogP contribution in [0.5, 0.6) is 11.5 Å². The van der Waals surface area contributed by atoms with Crippen molar-refractivity contribution in [1.29, 1.82) is 0 Å². The summed E-state index contributed by atoms with van der Waals surface area (Å²) in [6.07, 6.45) is 5.11. The van der Waals surface area contributed by atoms with E-state index in [4.69, 9.17) is 9.47 Å². The van der Waals surface area contributed by atoms with Crippen LogP contribution in [0.2, 0.25) is 0 Å². The molecule has 4 aliphatic heterocycles. The summed E-state index contributed by atoms with van der Waals surface area (Å²) in [5.41, 5.74) is 1.12. The highest BCUT2D eigenvalue weighted by atomic mass is 16.5. The van der Waals surface area contributed by atoms with E-state index in [0.29, 0.717) is 190 Å². The Balaban J connectivity index is 1.17. The largest absolute Gasteiger partial charge is 0.487 e. The van der Waals surface area contributed by atoms with Gasteiger partial charge >= 0.3 is 0 Å². The summed E-state index contributed by atoms with van der Waals surface area (Å²) in [6.45, 7) is 24.9. The van der Waals surface area contributed by atoms with Crippen molar-refractivity contribution in [2.45, 2.75) is 190 Å². The van der Waals surface area contributed by atoms with Crippen LogP contribution in [0.4, 0.5) is 0 Å². The molecule has 484 valence electrons. The highest BCUT2D eigenvalue weighted by Crippen LogP contribution is 2.54. The van der Waals surface area contributed by atoms with E-state index >= 15 is 28.8 Å². The highest BCUT2D eigenvalue weighted by Gasteiger charge is 2.45. The van der Waals surface area contributed by atoms with Crippen LogP contribution in [0.25, 0.3) is 86.2 Å². The van der Waals surface area contributed by atoms with Gasteiger partial charge in [-0.05, 0) is 160 Å². The van der Waals surface area contributed by atoms with Crippen LogP contribution in [0.1, 0.15) is 248 Å². The first kappa shape index (κ1) is 62.9. The lowest BCUT2D eigenvalue weighted by Gasteiger charge is -2.36. The number of ether oxygens (including phenoxy) is 2. The Morgan fingerprint density at radius 3 is 0.979 bits per heavy atom. The van der Waals surface area contributed by atoms with Crippen molar-refractivity contribution in [2.24, 2.45) is 0 Å². The van der Waals surface area contributed by atoms with Crippen molar-refractivity contribution in [1.82, 2.24) is 19.6 Å². The zero-order valence-corrected chi connectivity index (χ0v) is 56.3. The zero-order valence-electron chi connectivity index (χ0n) is 56.3. The van der Waals surface area contributed by atoms with Crippen molar-refractivity contribution in [3.8, 4) is 23.3 Å². The minimum Gasteiger partial charge on any atom is -0.487 e. The van der Waals surface area contributed by atoms with Crippen LogP contribution in [-0.2, 0) is 0 Å². The van der Waals surface area contributed by atoms with Gasteiger partial charge in [-0.25, -0.2) is 0 Å². The van der Waals surface area contributed by atoms with Gasteiger partial charge in [0.05, 0.1) is 17.7 Å². The average molecular weight is 1270 g/mol. The maximum Gasteiger partial charge on any atom is 0.261 e. The third-order valence-electron chi connectivity index (χ3n) is 22.0. The standard InChI is InChI=1S/C80H78N4O11/c1-14-41(15-2)81-71(86)49-30-26-45-60-40(35-54-65-56(78(93)84(76(54)91)44(20-7)21-8)36-57(94-79(11,12)22-9)67(70(60)65)47-28-32-50(72(81)87)62(49)61(45)47)25-24-39-34-53-63-51(73(88)82(75(53)90)42(16-3)17-4)33-29-48-66-58(95-80(13,23-10)38-85)37-55-64-52(31-27-46(69(64)66)59(39)68(48)63)74(89)83(77(55)92)43(18-5)19-6/h26-37,41-44,85H,14-23,38H2,1-13H3. The Morgan fingerprint density at radius 2 is 0.621 bits per heavy atom. The first-order chi connectivity index (χ1) is 45.6. The molecule has 0 aliphatic carbocycles.